The van der Waals surface area contributed by atoms with Gasteiger partial charge in [0.2, 0.25) is 0 Å². The van der Waals surface area contributed by atoms with Gasteiger partial charge in [-0.15, -0.1) is 0 Å². The molecular formula is C23H24N2O4. The van der Waals surface area contributed by atoms with Crippen molar-refractivity contribution >= 4 is 22.6 Å². The first-order valence-corrected chi connectivity index (χ1v) is 9.41. The highest BCUT2D eigenvalue weighted by Gasteiger charge is 2.19. The molecule has 2 amide bonds. The number of fused-ring (bicyclic) bond motifs is 1. The van der Waals surface area contributed by atoms with Crippen molar-refractivity contribution in [1.29, 1.82) is 0 Å². The highest BCUT2D eigenvalue weighted by molar-refractivity contribution is 5.87. The number of rotatable bonds is 6. The first-order chi connectivity index (χ1) is 13.9. The van der Waals surface area contributed by atoms with Gasteiger partial charge in [-0.3, -0.25) is 20.4 Å². The van der Waals surface area contributed by atoms with Gasteiger partial charge in [-0.05, 0) is 61.4 Å². The number of ether oxygens (including phenoxy) is 2. The summed E-state index contributed by atoms with van der Waals surface area (Å²) in [5, 5.41) is 2.11. The zero-order chi connectivity index (χ0) is 20.8. The molecule has 0 radical (unpaired) electrons. The van der Waals surface area contributed by atoms with Crippen LogP contribution in [0.2, 0.25) is 0 Å². The third-order valence-corrected chi connectivity index (χ3v) is 4.38. The summed E-state index contributed by atoms with van der Waals surface area (Å²) in [5.74, 6) is 0.243. The lowest BCUT2D eigenvalue weighted by atomic mass is 10.1. The first-order valence-electron chi connectivity index (χ1n) is 9.41. The van der Waals surface area contributed by atoms with E-state index in [4.69, 9.17) is 9.47 Å². The van der Waals surface area contributed by atoms with Gasteiger partial charge in [0, 0.05) is 0 Å². The molecule has 0 spiro atoms. The topological polar surface area (TPSA) is 76.7 Å². The van der Waals surface area contributed by atoms with Crippen LogP contribution in [0, 0.1) is 6.92 Å². The van der Waals surface area contributed by atoms with Crippen molar-refractivity contribution in [1.82, 2.24) is 10.9 Å². The fraction of sp³-hybridized carbons (Fsp3) is 0.217. The van der Waals surface area contributed by atoms with Crippen LogP contribution in [0.3, 0.4) is 0 Å². The number of hydrogen-bond acceptors (Lipinski definition) is 4. The molecule has 3 rings (SSSR count). The molecule has 0 saturated carbocycles. The van der Waals surface area contributed by atoms with E-state index in [1.165, 1.54) is 0 Å². The van der Waals surface area contributed by atoms with Gasteiger partial charge in [-0.25, -0.2) is 0 Å². The van der Waals surface area contributed by atoms with Crippen LogP contribution in [-0.2, 0) is 9.59 Å². The van der Waals surface area contributed by atoms with Crippen LogP contribution in [0.1, 0.15) is 19.4 Å². The van der Waals surface area contributed by atoms with Gasteiger partial charge in [-0.2, -0.15) is 0 Å². The maximum atomic E-state index is 12.2. The van der Waals surface area contributed by atoms with E-state index in [1.807, 2.05) is 67.6 Å². The Labute approximate surface area is 169 Å². The molecule has 0 aromatic heterocycles. The minimum absolute atomic E-state index is 0.460. The third-order valence-electron chi connectivity index (χ3n) is 4.38. The van der Waals surface area contributed by atoms with Crippen LogP contribution < -0.4 is 20.3 Å². The van der Waals surface area contributed by atoms with Gasteiger partial charge < -0.3 is 9.47 Å². The predicted octanol–water partition coefficient (Wildman–Crippen LogP) is 3.53. The van der Waals surface area contributed by atoms with Crippen LogP contribution >= 0.6 is 0 Å². The Morgan fingerprint density at radius 3 is 1.93 bits per heavy atom. The van der Waals surface area contributed by atoms with Crippen molar-refractivity contribution in [2.24, 2.45) is 0 Å². The Morgan fingerprint density at radius 1 is 0.724 bits per heavy atom. The Kier molecular flexibility index (Phi) is 6.34. The van der Waals surface area contributed by atoms with Gasteiger partial charge in [0.15, 0.2) is 12.2 Å². The van der Waals surface area contributed by atoms with Crippen LogP contribution in [0.15, 0.2) is 66.7 Å². The summed E-state index contributed by atoms with van der Waals surface area (Å²) in [6, 6.07) is 20.9. The molecule has 0 saturated heterocycles. The summed E-state index contributed by atoms with van der Waals surface area (Å²) >= 11 is 0. The summed E-state index contributed by atoms with van der Waals surface area (Å²) in [5.41, 5.74) is 5.77. The Hall–Kier alpha value is -3.54. The van der Waals surface area contributed by atoms with Crippen molar-refractivity contribution in [3.63, 3.8) is 0 Å². The lowest BCUT2D eigenvalue weighted by molar-refractivity contribution is -0.135. The summed E-state index contributed by atoms with van der Waals surface area (Å²) in [6.45, 7) is 5.16. The molecule has 0 fully saturated rings. The lowest BCUT2D eigenvalue weighted by Crippen LogP contribution is -2.50. The molecule has 2 N–H and O–H groups in total. The largest absolute Gasteiger partial charge is 0.481 e. The van der Waals surface area contributed by atoms with Gasteiger partial charge in [0.25, 0.3) is 11.8 Å². The number of amides is 2. The molecular weight excluding hydrogens is 368 g/mol. The Morgan fingerprint density at radius 2 is 1.31 bits per heavy atom. The monoisotopic (exact) mass is 392 g/mol. The van der Waals surface area contributed by atoms with Gasteiger partial charge in [-0.1, -0.05) is 42.5 Å². The summed E-state index contributed by atoms with van der Waals surface area (Å²) in [4.78, 5) is 24.4. The summed E-state index contributed by atoms with van der Waals surface area (Å²) < 4.78 is 11.3. The highest BCUT2D eigenvalue weighted by Crippen LogP contribution is 2.21. The van der Waals surface area contributed by atoms with Crippen LogP contribution in [0.25, 0.3) is 10.8 Å². The third kappa shape index (κ3) is 5.48. The average molecular weight is 392 g/mol. The molecule has 3 aromatic carbocycles. The first kappa shape index (κ1) is 20.2. The number of nitrogens with one attached hydrogen (secondary N) is 2. The Bertz CT molecular complexity index is 1020. The van der Waals surface area contributed by atoms with E-state index >= 15 is 0 Å². The zero-order valence-corrected chi connectivity index (χ0v) is 16.6. The zero-order valence-electron chi connectivity index (χ0n) is 16.6. The fourth-order valence-electron chi connectivity index (χ4n) is 2.77. The molecule has 0 heterocycles. The molecule has 0 aliphatic carbocycles. The van der Waals surface area contributed by atoms with Crippen molar-refractivity contribution in [3.8, 4) is 11.5 Å². The second kappa shape index (κ2) is 9.10. The highest BCUT2D eigenvalue weighted by atomic mass is 16.5. The van der Waals surface area contributed by atoms with E-state index in [9.17, 15) is 9.59 Å². The van der Waals surface area contributed by atoms with E-state index in [-0.39, 0.29) is 0 Å². The second-order valence-corrected chi connectivity index (χ2v) is 6.82. The van der Waals surface area contributed by atoms with E-state index in [2.05, 4.69) is 10.9 Å². The SMILES string of the molecule is Cc1cccc(O[C@@H](C)C(=O)NNC(=O)[C@@H](C)Oc2ccc3ccccc3c2)c1. The van der Waals surface area contributed by atoms with Crippen molar-refractivity contribution in [2.45, 2.75) is 33.0 Å². The maximum Gasteiger partial charge on any atom is 0.279 e. The molecule has 3 aromatic rings. The van der Waals surface area contributed by atoms with Crippen LogP contribution in [0.4, 0.5) is 0 Å². The molecule has 0 bridgehead atoms. The number of benzene rings is 3. The lowest BCUT2D eigenvalue weighted by Gasteiger charge is -2.18. The molecule has 0 unspecified atom stereocenters. The summed E-state index contributed by atoms with van der Waals surface area (Å²) in [7, 11) is 0. The maximum absolute atomic E-state index is 12.2. The standard InChI is InChI=1S/C23H24N2O4/c1-15-7-6-10-20(13-15)28-16(2)22(26)24-25-23(27)17(3)29-21-12-11-18-8-4-5-9-19(18)14-21/h4-14,16-17H,1-3H3,(H,24,26)(H,25,27)/t16-,17+/m0/s1. The number of hydrogen-bond donors (Lipinski definition) is 2. The second-order valence-electron chi connectivity index (χ2n) is 6.82. The molecule has 150 valence electrons. The molecule has 6 nitrogen and oxygen atoms in total. The quantitative estimate of drug-likeness (QED) is 0.629. The number of carbonyl (C=O) groups is 2. The van der Waals surface area contributed by atoms with Crippen molar-refractivity contribution < 1.29 is 19.1 Å². The van der Waals surface area contributed by atoms with Crippen molar-refractivity contribution in [2.75, 3.05) is 0 Å². The van der Waals surface area contributed by atoms with Crippen LogP contribution in [-0.4, -0.2) is 24.0 Å². The summed E-state index contributed by atoms with van der Waals surface area (Å²) in [6.07, 6.45) is -1.56. The molecule has 29 heavy (non-hydrogen) atoms. The van der Waals surface area contributed by atoms with E-state index < -0.39 is 24.0 Å². The van der Waals surface area contributed by atoms with E-state index in [0.29, 0.717) is 11.5 Å². The minimum atomic E-state index is -0.788. The van der Waals surface area contributed by atoms with Crippen molar-refractivity contribution in [3.05, 3.63) is 72.3 Å². The van der Waals surface area contributed by atoms with Gasteiger partial charge >= 0.3 is 0 Å². The van der Waals surface area contributed by atoms with Crippen LogP contribution in [0.5, 0.6) is 11.5 Å². The average Bonchev–Trinajstić information content (AvgIpc) is 2.71. The minimum Gasteiger partial charge on any atom is -0.481 e. The Balaban J connectivity index is 1.50. The van der Waals surface area contributed by atoms with Gasteiger partial charge in [0.05, 0.1) is 0 Å². The predicted molar refractivity (Wildman–Crippen MR) is 112 cm³/mol. The van der Waals surface area contributed by atoms with E-state index in [1.54, 1.807) is 19.9 Å². The smallest absolute Gasteiger partial charge is 0.279 e. The normalized spacial score (nSPS) is 12.7. The number of carbonyl (C=O) groups excluding carboxylic acids is 2. The fourth-order valence-corrected chi connectivity index (χ4v) is 2.77. The molecule has 0 aliphatic heterocycles. The van der Waals surface area contributed by atoms with Gasteiger partial charge in [0.1, 0.15) is 11.5 Å². The molecule has 2 atom stereocenters. The molecule has 0 aliphatic rings. The number of hydrazine groups is 1. The number of aryl methyl sites for hydroxylation is 1. The molecule has 6 heteroatoms. The van der Waals surface area contributed by atoms with E-state index in [0.717, 1.165) is 16.3 Å².